The van der Waals surface area contributed by atoms with E-state index in [4.69, 9.17) is 11.6 Å². The average molecular weight is 645 g/mol. The Labute approximate surface area is 261 Å². The van der Waals surface area contributed by atoms with Crippen molar-refractivity contribution in [2.75, 3.05) is 38.2 Å². The highest BCUT2D eigenvalue weighted by molar-refractivity contribution is 7.91. The highest BCUT2D eigenvalue weighted by Gasteiger charge is 2.27. The van der Waals surface area contributed by atoms with Crippen LogP contribution in [0.15, 0.2) is 60.7 Å². The monoisotopic (exact) mass is 644 g/mol. The largest absolute Gasteiger partial charge is 0.359 e. The van der Waals surface area contributed by atoms with E-state index in [1.165, 1.54) is 18.4 Å². The lowest BCUT2D eigenvalue weighted by Gasteiger charge is -2.27. The normalized spacial score (nSPS) is 16.3. The zero-order chi connectivity index (χ0) is 31.0. The number of benzene rings is 2. The van der Waals surface area contributed by atoms with E-state index in [2.05, 4.69) is 22.2 Å². The molecular formula is C31H37ClN4O5S2. The van der Waals surface area contributed by atoms with E-state index < -0.39 is 15.8 Å². The van der Waals surface area contributed by atoms with Crippen LogP contribution in [0.2, 0.25) is 5.02 Å². The van der Waals surface area contributed by atoms with Crippen molar-refractivity contribution in [3.8, 4) is 0 Å². The molecule has 1 aliphatic rings. The van der Waals surface area contributed by atoms with Crippen molar-refractivity contribution in [3.05, 3.63) is 76.3 Å². The molecule has 12 heteroatoms. The lowest BCUT2D eigenvalue weighted by atomic mass is 9.95. The lowest BCUT2D eigenvalue weighted by Crippen LogP contribution is -2.43. The predicted octanol–water partition coefficient (Wildman–Crippen LogP) is 3.61. The minimum atomic E-state index is -3.01. The van der Waals surface area contributed by atoms with Crippen molar-refractivity contribution in [1.29, 1.82) is 0 Å². The summed E-state index contributed by atoms with van der Waals surface area (Å²) in [5.74, 6) is -1.13. The van der Waals surface area contributed by atoms with Gasteiger partial charge in [0.2, 0.25) is 11.8 Å². The molecule has 43 heavy (non-hydrogen) atoms. The number of sulfone groups is 1. The second-order valence-corrected chi connectivity index (χ2v) is 14.7. The molecule has 9 nitrogen and oxygen atoms in total. The first-order chi connectivity index (χ1) is 20.5. The molecule has 0 radical (unpaired) electrons. The second-order valence-electron chi connectivity index (χ2n) is 10.9. The molecule has 2 atom stereocenters. The van der Waals surface area contributed by atoms with Crippen LogP contribution >= 0.6 is 22.9 Å². The van der Waals surface area contributed by atoms with Gasteiger partial charge in [-0.05, 0) is 36.6 Å². The Morgan fingerprint density at radius 1 is 1.09 bits per heavy atom. The van der Waals surface area contributed by atoms with E-state index >= 15 is 0 Å². The van der Waals surface area contributed by atoms with Gasteiger partial charge in [0.15, 0.2) is 15.6 Å². The molecule has 230 valence electrons. The van der Waals surface area contributed by atoms with E-state index in [1.54, 1.807) is 6.07 Å². The third kappa shape index (κ3) is 9.96. The summed E-state index contributed by atoms with van der Waals surface area (Å²) in [5.41, 5.74) is 2.23. The first kappa shape index (κ1) is 32.8. The van der Waals surface area contributed by atoms with Gasteiger partial charge in [0, 0.05) is 62.6 Å². The number of carbonyl (C=O) groups is 3. The summed E-state index contributed by atoms with van der Waals surface area (Å²) in [5, 5.41) is 7.07. The number of aromatic nitrogens is 1. The average Bonchev–Trinajstić information content (AvgIpc) is 3.38. The molecule has 2 aromatic carbocycles. The first-order valence-electron chi connectivity index (χ1n) is 14.2. The van der Waals surface area contributed by atoms with Gasteiger partial charge >= 0.3 is 0 Å². The molecule has 0 saturated carbocycles. The number of amides is 2. The molecule has 0 aliphatic carbocycles. The number of rotatable bonds is 14. The molecule has 2 amide bonds. The van der Waals surface area contributed by atoms with Gasteiger partial charge in [0.05, 0.1) is 32.6 Å². The van der Waals surface area contributed by atoms with Crippen molar-refractivity contribution >= 4 is 60.6 Å². The van der Waals surface area contributed by atoms with Crippen LogP contribution in [0.4, 0.5) is 0 Å². The van der Waals surface area contributed by atoms with E-state index in [1.807, 2.05) is 47.4 Å². The fourth-order valence-electron chi connectivity index (χ4n) is 5.02. The maximum Gasteiger partial charge on any atom is 0.224 e. The number of hydrogen-bond donors (Lipinski definition) is 2. The number of ketones is 1. The molecule has 0 bridgehead atoms. The van der Waals surface area contributed by atoms with Crippen molar-refractivity contribution < 1.29 is 22.8 Å². The number of thiazole rings is 1. The summed E-state index contributed by atoms with van der Waals surface area (Å²) in [7, 11) is -1.47. The van der Waals surface area contributed by atoms with Crippen LogP contribution < -0.4 is 10.6 Å². The van der Waals surface area contributed by atoms with Crippen LogP contribution in [0.25, 0.3) is 10.2 Å². The fraction of sp³-hybridized carbons (Fsp3) is 0.419. The van der Waals surface area contributed by atoms with Crippen molar-refractivity contribution in [2.45, 2.75) is 38.1 Å². The van der Waals surface area contributed by atoms with Crippen molar-refractivity contribution in [3.63, 3.8) is 0 Å². The first-order valence-corrected chi connectivity index (χ1v) is 17.3. The molecule has 1 saturated heterocycles. The Bertz CT molecular complexity index is 1560. The van der Waals surface area contributed by atoms with Gasteiger partial charge in [0.25, 0.3) is 0 Å². The zero-order valence-corrected chi connectivity index (χ0v) is 26.6. The maximum atomic E-state index is 13.7. The summed E-state index contributed by atoms with van der Waals surface area (Å²) in [4.78, 5) is 45.7. The number of fused-ring (bicyclic) bond motifs is 1. The van der Waals surface area contributed by atoms with Crippen LogP contribution in [-0.2, 0) is 37.1 Å². The molecule has 2 N–H and O–H groups in total. The minimum absolute atomic E-state index is 0.00162. The topological polar surface area (TPSA) is 126 Å². The molecule has 1 fully saturated rings. The van der Waals surface area contributed by atoms with Crippen LogP contribution in [0.5, 0.6) is 0 Å². The van der Waals surface area contributed by atoms with Crippen LogP contribution in [0, 0.1) is 5.92 Å². The number of nitrogens with one attached hydrogen (secondary N) is 2. The molecule has 1 aliphatic heterocycles. The van der Waals surface area contributed by atoms with E-state index in [0.717, 1.165) is 20.8 Å². The molecular weight excluding hydrogens is 608 g/mol. The summed E-state index contributed by atoms with van der Waals surface area (Å²) < 4.78 is 24.4. The zero-order valence-electron chi connectivity index (χ0n) is 24.2. The van der Waals surface area contributed by atoms with Gasteiger partial charge in [-0.25, -0.2) is 13.4 Å². The summed E-state index contributed by atoms with van der Waals surface area (Å²) in [6.45, 7) is 5.06. The van der Waals surface area contributed by atoms with Crippen molar-refractivity contribution in [1.82, 2.24) is 20.5 Å². The Morgan fingerprint density at radius 3 is 2.51 bits per heavy atom. The third-order valence-electron chi connectivity index (χ3n) is 7.53. The number of carbonyl (C=O) groups excluding carboxylic acids is 3. The second kappa shape index (κ2) is 15.1. The summed E-state index contributed by atoms with van der Waals surface area (Å²) in [6.07, 6.45) is 1.37. The smallest absolute Gasteiger partial charge is 0.224 e. The molecule has 0 unspecified atom stereocenters. The Morgan fingerprint density at radius 2 is 1.81 bits per heavy atom. The van der Waals surface area contributed by atoms with Gasteiger partial charge in [0.1, 0.15) is 0 Å². The quantitative estimate of drug-likeness (QED) is 0.257. The van der Waals surface area contributed by atoms with Gasteiger partial charge in [-0.15, -0.1) is 11.3 Å². The summed E-state index contributed by atoms with van der Waals surface area (Å²) >= 11 is 7.58. The van der Waals surface area contributed by atoms with E-state index in [-0.39, 0.29) is 54.4 Å². The number of halogens is 1. The van der Waals surface area contributed by atoms with Gasteiger partial charge < -0.3 is 10.6 Å². The van der Waals surface area contributed by atoms with Gasteiger partial charge in [-0.1, -0.05) is 48.5 Å². The van der Waals surface area contributed by atoms with Crippen molar-refractivity contribution in [2.24, 2.45) is 5.92 Å². The molecule has 3 aromatic rings. The fourth-order valence-corrected chi connectivity index (χ4v) is 7.62. The Balaban J connectivity index is 1.43. The number of Topliss-reactive ketones (excluding diaryl/α,β-unsaturated/α-hetero) is 1. The van der Waals surface area contributed by atoms with E-state index in [9.17, 15) is 22.8 Å². The van der Waals surface area contributed by atoms with Crippen LogP contribution in [0.3, 0.4) is 0 Å². The number of hydrogen-bond acceptors (Lipinski definition) is 8. The highest BCUT2D eigenvalue weighted by atomic mass is 35.5. The Hall–Kier alpha value is -3.12. The minimum Gasteiger partial charge on any atom is -0.359 e. The van der Waals surface area contributed by atoms with Gasteiger partial charge in [-0.2, -0.15) is 0 Å². The molecule has 1 aromatic heterocycles. The van der Waals surface area contributed by atoms with Crippen LogP contribution in [0.1, 0.15) is 29.8 Å². The predicted molar refractivity (Wildman–Crippen MR) is 171 cm³/mol. The third-order valence-corrected chi connectivity index (χ3v) is 10.4. The summed E-state index contributed by atoms with van der Waals surface area (Å²) in [6, 6.07) is 14.8. The molecule has 4 rings (SSSR count). The number of nitrogens with zero attached hydrogens (tertiary/aromatic N) is 2. The van der Waals surface area contributed by atoms with Gasteiger partial charge in [-0.3, -0.25) is 19.3 Å². The molecule has 0 spiro atoms. The highest BCUT2D eigenvalue weighted by Crippen LogP contribution is 2.27. The molecule has 2 heterocycles. The SMILES string of the molecule is C=C(CN1CCS(=O)(=O)CC1)C(=O)CC[C@H](Cc1ccccc1)NC(=O)[C@@H](CC(=O)NC)Cc1nc2ccc(Cl)cc2s1. The standard InChI is InChI=1S/C31H37ClN4O5S2/c1-21(20-36-12-14-43(40,41)15-13-36)27(37)11-9-25(16-22-6-4-3-5-7-22)34-31(39)23(17-29(38)33-2)18-30-35-26-10-8-24(32)19-28(26)42-30/h3-8,10,19,23,25H,1,9,11-18,20H2,2H3,(H,33,38)(H,34,39)/t23-,25+/m0/s1. The van der Waals surface area contributed by atoms with E-state index in [0.29, 0.717) is 43.1 Å². The lowest BCUT2D eigenvalue weighted by molar-refractivity contribution is -0.130. The van der Waals surface area contributed by atoms with Crippen LogP contribution in [-0.4, -0.2) is 80.1 Å². The Kier molecular flexibility index (Phi) is 11.5. The maximum absolute atomic E-state index is 13.7.